The monoisotopic (exact) mass is 328 g/mol. The van der Waals surface area contributed by atoms with Crippen LogP contribution in [0.1, 0.15) is 10.5 Å². The summed E-state index contributed by atoms with van der Waals surface area (Å²) in [7, 11) is 0. The Labute approximate surface area is 114 Å². The summed E-state index contributed by atoms with van der Waals surface area (Å²) in [4.78, 5) is 25.0. The second kappa shape index (κ2) is 5.31. The van der Waals surface area contributed by atoms with E-state index in [1.54, 1.807) is 0 Å². The quantitative estimate of drug-likeness (QED) is 0.890. The van der Waals surface area contributed by atoms with Crippen LogP contribution >= 0.6 is 15.9 Å². The van der Waals surface area contributed by atoms with Crippen molar-refractivity contribution in [2.45, 2.75) is 0 Å². The molecule has 98 valence electrons. The molecule has 2 N–H and O–H groups in total. The van der Waals surface area contributed by atoms with Gasteiger partial charge in [0.15, 0.2) is 11.6 Å². The Morgan fingerprint density at radius 2 is 1.84 bits per heavy atom. The Morgan fingerprint density at radius 1 is 1.21 bits per heavy atom. The fourth-order valence-corrected chi connectivity index (χ4v) is 1.82. The summed E-state index contributed by atoms with van der Waals surface area (Å²) in [6.07, 6.45) is 0. The fraction of sp³-hybridized carbons (Fsp3) is 0. The van der Waals surface area contributed by atoms with E-state index >= 15 is 0 Å². The second-order valence-corrected chi connectivity index (χ2v) is 4.54. The first-order chi connectivity index (χ1) is 8.97. The molecule has 0 unspecified atom stereocenters. The van der Waals surface area contributed by atoms with Crippen LogP contribution in [0.2, 0.25) is 0 Å². The van der Waals surface area contributed by atoms with Gasteiger partial charge in [-0.15, -0.1) is 0 Å². The number of halogens is 3. The minimum absolute atomic E-state index is 0.0887. The number of carbonyl (C=O) groups excluding carboxylic acids is 1. The number of rotatable bonds is 2. The summed E-state index contributed by atoms with van der Waals surface area (Å²) in [5.41, 5.74) is -1.14. The second-order valence-electron chi connectivity index (χ2n) is 3.63. The topological polar surface area (TPSA) is 62.0 Å². The Morgan fingerprint density at radius 3 is 2.42 bits per heavy atom. The molecule has 0 radical (unpaired) electrons. The van der Waals surface area contributed by atoms with Gasteiger partial charge in [-0.05, 0) is 18.2 Å². The number of amides is 1. The molecule has 4 nitrogen and oxygen atoms in total. The van der Waals surface area contributed by atoms with Crippen molar-refractivity contribution in [2.24, 2.45) is 0 Å². The summed E-state index contributed by atoms with van der Waals surface area (Å²) < 4.78 is 27.2. The lowest BCUT2D eigenvalue weighted by molar-refractivity contribution is 0.102. The van der Waals surface area contributed by atoms with E-state index in [-0.39, 0.29) is 10.2 Å². The van der Waals surface area contributed by atoms with Crippen LogP contribution < -0.4 is 10.9 Å². The van der Waals surface area contributed by atoms with Crippen molar-refractivity contribution in [2.75, 3.05) is 5.32 Å². The zero-order valence-electron chi connectivity index (χ0n) is 9.34. The molecule has 0 aliphatic carbocycles. The van der Waals surface area contributed by atoms with Crippen LogP contribution in [-0.2, 0) is 0 Å². The zero-order valence-corrected chi connectivity index (χ0v) is 10.9. The maximum atomic E-state index is 13.5. The Bertz CT molecular complexity index is 677. The van der Waals surface area contributed by atoms with Crippen molar-refractivity contribution in [1.82, 2.24) is 4.98 Å². The number of pyridine rings is 1. The summed E-state index contributed by atoms with van der Waals surface area (Å²) in [6.45, 7) is 0. The van der Waals surface area contributed by atoms with Crippen LogP contribution in [0, 0.1) is 11.6 Å². The summed E-state index contributed by atoms with van der Waals surface area (Å²) in [5, 5.41) is 2.07. The number of aromatic amines is 1. The van der Waals surface area contributed by atoms with Crippen molar-refractivity contribution in [3.63, 3.8) is 0 Å². The SMILES string of the molecule is O=C(Nc1c(F)cc(Br)cc1F)c1cccc(=O)[nH]1. The molecule has 0 aliphatic heterocycles. The molecule has 7 heteroatoms. The van der Waals surface area contributed by atoms with E-state index in [4.69, 9.17) is 0 Å². The molecular weight excluding hydrogens is 322 g/mol. The van der Waals surface area contributed by atoms with Crippen molar-refractivity contribution < 1.29 is 13.6 Å². The van der Waals surface area contributed by atoms with Gasteiger partial charge >= 0.3 is 0 Å². The first-order valence-electron chi connectivity index (χ1n) is 5.12. The smallest absolute Gasteiger partial charge is 0.272 e. The number of nitrogens with one attached hydrogen (secondary N) is 2. The number of aromatic nitrogens is 1. The molecule has 0 saturated heterocycles. The van der Waals surface area contributed by atoms with Crippen molar-refractivity contribution in [1.29, 1.82) is 0 Å². The highest BCUT2D eigenvalue weighted by Crippen LogP contribution is 2.24. The number of hydrogen-bond acceptors (Lipinski definition) is 2. The molecular formula is C12H7BrF2N2O2. The minimum Gasteiger partial charge on any atom is -0.318 e. The Kier molecular flexibility index (Phi) is 3.75. The standard InChI is InChI=1S/C12H7BrF2N2O2/c13-6-4-7(14)11(8(15)5-6)17-12(19)9-2-1-3-10(18)16-9/h1-5H,(H,16,18)(H,17,19). The van der Waals surface area contributed by atoms with Gasteiger partial charge in [-0.3, -0.25) is 9.59 Å². The highest BCUT2D eigenvalue weighted by molar-refractivity contribution is 9.10. The molecule has 1 amide bonds. The molecule has 0 bridgehead atoms. The van der Waals surface area contributed by atoms with Crippen LogP contribution in [0.25, 0.3) is 0 Å². The zero-order chi connectivity index (χ0) is 14.0. The van der Waals surface area contributed by atoms with Crippen LogP contribution in [0.4, 0.5) is 14.5 Å². The predicted octanol–water partition coefficient (Wildman–Crippen LogP) is 2.67. The average Bonchev–Trinajstić information content (AvgIpc) is 2.33. The van der Waals surface area contributed by atoms with Gasteiger partial charge in [0.25, 0.3) is 5.91 Å². The highest BCUT2D eigenvalue weighted by atomic mass is 79.9. The summed E-state index contributed by atoms with van der Waals surface area (Å²) in [6, 6.07) is 5.95. The van der Waals surface area contributed by atoms with Crippen LogP contribution in [0.5, 0.6) is 0 Å². The van der Waals surface area contributed by atoms with Gasteiger partial charge in [-0.2, -0.15) is 0 Å². The number of benzene rings is 1. The average molecular weight is 329 g/mol. The van der Waals surface area contributed by atoms with Gasteiger partial charge in [0.2, 0.25) is 5.56 Å². The number of anilines is 1. The van der Waals surface area contributed by atoms with Crippen LogP contribution in [0.3, 0.4) is 0 Å². The first kappa shape index (κ1) is 13.4. The van der Waals surface area contributed by atoms with Gasteiger partial charge < -0.3 is 10.3 Å². The lowest BCUT2D eigenvalue weighted by Crippen LogP contribution is -2.19. The molecule has 0 saturated carbocycles. The molecule has 1 heterocycles. The molecule has 1 aromatic heterocycles. The van der Waals surface area contributed by atoms with Crippen molar-refractivity contribution >= 4 is 27.5 Å². The highest BCUT2D eigenvalue weighted by Gasteiger charge is 2.15. The maximum absolute atomic E-state index is 13.5. The Balaban J connectivity index is 2.32. The van der Waals surface area contributed by atoms with E-state index in [0.29, 0.717) is 0 Å². The molecule has 19 heavy (non-hydrogen) atoms. The van der Waals surface area contributed by atoms with Crippen molar-refractivity contribution in [3.8, 4) is 0 Å². The number of H-pyrrole nitrogens is 1. The third-order valence-electron chi connectivity index (χ3n) is 2.26. The number of carbonyl (C=O) groups is 1. The van der Waals surface area contributed by atoms with Crippen LogP contribution in [-0.4, -0.2) is 10.9 Å². The lowest BCUT2D eigenvalue weighted by atomic mass is 10.2. The Hall–Kier alpha value is -2.02. The first-order valence-corrected chi connectivity index (χ1v) is 5.92. The molecule has 1 aromatic carbocycles. The maximum Gasteiger partial charge on any atom is 0.272 e. The van der Waals surface area contributed by atoms with Crippen molar-refractivity contribution in [3.05, 3.63) is 62.5 Å². The molecule has 0 spiro atoms. The van der Waals surface area contributed by atoms with E-state index in [2.05, 4.69) is 26.2 Å². The van der Waals surface area contributed by atoms with Crippen LogP contribution in [0.15, 0.2) is 39.6 Å². The van der Waals surface area contributed by atoms with E-state index < -0.39 is 28.8 Å². The normalized spacial score (nSPS) is 10.3. The van der Waals surface area contributed by atoms with Gasteiger partial charge in [-0.1, -0.05) is 22.0 Å². The van der Waals surface area contributed by atoms with E-state index in [1.807, 2.05) is 0 Å². The summed E-state index contributed by atoms with van der Waals surface area (Å²) >= 11 is 2.93. The van der Waals surface area contributed by atoms with E-state index in [1.165, 1.54) is 18.2 Å². The molecule has 2 rings (SSSR count). The molecule has 2 aromatic rings. The van der Waals surface area contributed by atoms with Gasteiger partial charge in [0, 0.05) is 10.5 Å². The third-order valence-corrected chi connectivity index (χ3v) is 2.72. The van der Waals surface area contributed by atoms with E-state index in [9.17, 15) is 18.4 Å². The fourth-order valence-electron chi connectivity index (χ4n) is 1.42. The number of hydrogen-bond donors (Lipinski definition) is 2. The minimum atomic E-state index is -0.918. The summed E-state index contributed by atoms with van der Waals surface area (Å²) in [5.74, 6) is -2.64. The predicted molar refractivity (Wildman–Crippen MR) is 69.1 cm³/mol. The van der Waals surface area contributed by atoms with E-state index in [0.717, 1.165) is 12.1 Å². The molecule has 0 fully saturated rings. The van der Waals surface area contributed by atoms with Gasteiger partial charge in [-0.25, -0.2) is 8.78 Å². The van der Waals surface area contributed by atoms with Gasteiger partial charge in [0.05, 0.1) is 0 Å². The molecule has 0 aliphatic rings. The molecule has 0 atom stereocenters. The largest absolute Gasteiger partial charge is 0.318 e. The third kappa shape index (κ3) is 3.05. The lowest BCUT2D eigenvalue weighted by Gasteiger charge is -2.07. The van der Waals surface area contributed by atoms with Gasteiger partial charge in [0.1, 0.15) is 11.4 Å².